The molecule has 0 heterocycles. The lowest BCUT2D eigenvalue weighted by Crippen LogP contribution is -2.69. The van der Waals surface area contributed by atoms with Gasteiger partial charge in [-0.3, -0.25) is 0 Å². The second-order valence-electron chi connectivity index (χ2n) is 5.62. The molecule has 0 aromatic carbocycles. The van der Waals surface area contributed by atoms with E-state index in [1.165, 1.54) is 38.1 Å². The van der Waals surface area contributed by atoms with Crippen LogP contribution in [0.5, 0.6) is 0 Å². The first-order valence-corrected chi connectivity index (χ1v) is 8.96. The summed E-state index contributed by atoms with van der Waals surface area (Å²) in [5, 5.41) is 0. The summed E-state index contributed by atoms with van der Waals surface area (Å²) in [6, 6.07) is 1.34. The standard InChI is InChI=1S/C13H33N3Si/c1-8-9-10-11-12-13-17(14(2)3,15(4)5)16(6)7/h8-13H2,1-7H3. The van der Waals surface area contributed by atoms with Gasteiger partial charge in [-0.2, -0.15) is 0 Å². The summed E-state index contributed by atoms with van der Waals surface area (Å²) < 4.78 is 7.40. The van der Waals surface area contributed by atoms with E-state index in [0.29, 0.717) is 0 Å². The lowest BCUT2D eigenvalue weighted by molar-refractivity contribution is 0.372. The lowest BCUT2D eigenvalue weighted by Gasteiger charge is -2.46. The topological polar surface area (TPSA) is 9.72 Å². The molecule has 0 unspecified atom stereocenters. The molecule has 0 aromatic heterocycles. The van der Waals surface area contributed by atoms with Gasteiger partial charge in [-0.1, -0.05) is 39.0 Å². The maximum Gasteiger partial charge on any atom is 0.288 e. The Morgan fingerprint density at radius 2 is 1.06 bits per heavy atom. The Balaban J connectivity index is 4.38. The molecule has 0 bridgehead atoms. The Morgan fingerprint density at radius 1 is 0.647 bits per heavy atom. The number of nitrogens with zero attached hydrogens (tertiary/aromatic N) is 3. The van der Waals surface area contributed by atoms with Crippen molar-refractivity contribution < 1.29 is 0 Å². The Bertz CT molecular complexity index is 171. The van der Waals surface area contributed by atoms with Crippen LogP contribution in [-0.4, -0.2) is 64.5 Å². The van der Waals surface area contributed by atoms with Crippen LogP contribution in [0.1, 0.15) is 39.0 Å². The van der Waals surface area contributed by atoms with Crippen LogP contribution in [0.3, 0.4) is 0 Å². The first-order valence-electron chi connectivity index (χ1n) is 6.91. The van der Waals surface area contributed by atoms with Gasteiger partial charge >= 0.3 is 0 Å². The molecule has 0 aliphatic heterocycles. The zero-order valence-electron chi connectivity index (χ0n) is 13.1. The van der Waals surface area contributed by atoms with E-state index < -0.39 is 8.56 Å². The molecule has 3 nitrogen and oxygen atoms in total. The number of rotatable bonds is 9. The van der Waals surface area contributed by atoms with Crippen LogP contribution < -0.4 is 0 Å². The summed E-state index contributed by atoms with van der Waals surface area (Å²) in [5.41, 5.74) is 0. The second kappa shape index (κ2) is 8.24. The average molecular weight is 260 g/mol. The van der Waals surface area contributed by atoms with Gasteiger partial charge < -0.3 is 13.7 Å². The van der Waals surface area contributed by atoms with Gasteiger partial charge in [-0.15, -0.1) is 0 Å². The molecule has 0 rings (SSSR count). The Kier molecular flexibility index (Phi) is 8.29. The number of unbranched alkanes of at least 4 members (excludes halogenated alkanes) is 4. The molecular weight excluding hydrogens is 226 g/mol. The zero-order chi connectivity index (χ0) is 13.5. The molecule has 0 saturated carbocycles. The lowest BCUT2D eigenvalue weighted by atomic mass is 10.2. The van der Waals surface area contributed by atoms with Gasteiger partial charge in [0.05, 0.1) is 0 Å². The van der Waals surface area contributed by atoms with Crippen molar-refractivity contribution in [3.8, 4) is 0 Å². The maximum atomic E-state index is 2.47. The highest BCUT2D eigenvalue weighted by Crippen LogP contribution is 2.21. The molecule has 104 valence electrons. The monoisotopic (exact) mass is 259 g/mol. The minimum absolute atomic E-state index is 1.33. The van der Waals surface area contributed by atoms with Gasteiger partial charge in [0.25, 0.3) is 8.56 Å². The van der Waals surface area contributed by atoms with Crippen molar-refractivity contribution in [2.24, 2.45) is 0 Å². The third-order valence-corrected chi connectivity index (χ3v) is 9.09. The fourth-order valence-electron chi connectivity index (χ4n) is 2.84. The highest BCUT2D eigenvalue weighted by molar-refractivity contribution is 6.71. The molecule has 0 fully saturated rings. The quantitative estimate of drug-likeness (QED) is 0.465. The van der Waals surface area contributed by atoms with Crippen molar-refractivity contribution in [3.05, 3.63) is 0 Å². The van der Waals surface area contributed by atoms with E-state index in [-0.39, 0.29) is 0 Å². The summed E-state index contributed by atoms with van der Waals surface area (Å²) in [5.74, 6) is 0. The summed E-state index contributed by atoms with van der Waals surface area (Å²) in [4.78, 5) is 0. The van der Waals surface area contributed by atoms with Crippen molar-refractivity contribution in [3.63, 3.8) is 0 Å². The molecule has 0 aliphatic carbocycles. The number of hydrogen-bond acceptors (Lipinski definition) is 3. The Labute approximate surface area is 110 Å². The summed E-state index contributed by atoms with van der Waals surface area (Å²) in [6.07, 6.45) is 6.87. The zero-order valence-corrected chi connectivity index (χ0v) is 14.1. The van der Waals surface area contributed by atoms with Crippen LogP contribution in [-0.2, 0) is 0 Å². The molecule has 0 N–H and O–H groups in total. The number of hydrogen-bond donors (Lipinski definition) is 0. The van der Waals surface area contributed by atoms with Gasteiger partial charge in [0.15, 0.2) is 0 Å². The van der Waals surface area contributed by atoms with E-state index in [9.17, 15) is 0 Å². The van der Waals surface area contributed by atoms with E-state index >= 15 is 0 Å². The summed E-state index contributed by atoms with van der Waals surface area (Å²) in [6.45, 7) is 2.28. The van der Waals surface area contributed by atoms with Crippen LogP contribution >= 0.6 is 0 Å². The van der Waals surface area contributed by atoms with Gasteiger partial charge in [-0.25, -0.2) is 0 Å². The summed E-state index contributed by atoms with van der Waals surface area (Å²) in [7, 11) is 11.8. The molecule has 17 heavy (non-hydrogen) atoms. The molecule has 0 spiro atoms. The fraction of sp³-hybridized carbons (Fsp3) is 1.00. The minimum Gasteiger partial charge on any atom is -0.305 e. The minimum atomic E-state index is -1.59. The average Bonchev–Trinajstić information content (AvgIpc) is 2.21. The van der Waals surface area contributed by atoms with E-state index in [1.54, 1.807) is 0 Å². The van der Waals surface area contributed by atoms with Crippen LogP contribution in [0.15, 0.2) is 0 Å². The van der Waals surface area contributed by atoms with Crippen LogP contribution in [0.2, 0.25) is 6.04 Å². The van der Waals surface area contributed by atoms with E-state index in [0.717, 1.165) is 0 Å². The third-order valence-electron chi connectivity index (χ3n) is 3.76. The van der Waals surface area contributed by atoms with Crippen molar-refractivity contribution in [2.75, 3.05) is 42.3 Å². The first-order chi connectivity index (χ1) is 7.89. The summed E-state index contributed by atoms with van der Waals surface area (Å²) >= 11 is 0. The Morgan fingerprint density at radius 3 is 1.41 bits per heavy atom. The molecule has 0 atom stereocenters. The van der Waals surface area contributed by atoms with Crippen molar-refractivity contribution in [2.45, 2.75) is 45.1 Å². The molecule has 4 heteroatoms. The predicted octanol–water partition coefficient (Wildman–Crippen LogP) is 2.58. The van der Waals surface area contributed by atoms with E-state index in [4.69, 9.17) is 0 Å². The van der Waals surface area contributed by atoms with E-state index in [1.807, 2.05) is 0 Å². The molecule has 0 aromatic rings. The van der Waals surface area contributed by atoms with E-state index in [2.05, 4.69) is 62.9 Å². The van der Waals surface area contributed by atoms with Gasteiger partial charge in [0, 0.05) is 0 Å². The maximum absolute atomic E-state index is 2.47. The highest BCUT2D eigenvalue weighted by Gasteiger charge is 2.41. The molecule has 0 radical (unpaired) electrons. The smallest absolute Gasteiger partial charge is 0.288 e. The van der Waals surface area contributed by atoms with Crippen molar-refractivity contribution in [1.29, 1.82) is 0 Å². The van der Waals surface area contributed by atoms with Crippen LogP contribution in [0.4, 0.5) is 0 Å². The first kappa shape index (κ1) is 17.1. The highest BCUT2D eigenvalue weighted by atomic mass is 28.4. The van der Waals surface area contributed by atoms with Crippen molar-refractivity contribution >= 4 is 8.56 Å². The third kappa shape index (κ3) is 4.70. The van der Waals surface area contributed by atoms with Gasteiger partial charge in [0.1, 0.15) is 0 Å². The van der Waals surface area contributed by atoms with Crippen molar-refractivity contribution in [1.82, 2.24) is 13.7 Å². The fourth-order valence-corrected chi connectivity index (χ4v) is 7.30. The van der Waals surface area contributed by atoms with Gasteiger partial charge in [0.2, 0.25) is 0 Å². The largest absolute Gasteiger partial charge is 0.305 e. The Hall–Kier alpha value is 0.0969. The van der Waals surface area contributed by atoms with Gasteiger partial charge in [-0.05, 0) is 48.3 Å². The van der Waals surface area contributed by atoms with Crippen LogP contribution in [0.25, 0.3) is 0 Å². The molecule has 0 saturated heterocycles. The van der Waals surface area contributed by atoms with Crippen LogP contribution in [0, 0.1) is 0 Å². The molecule has 0 amide bonds. The predicted molar refractivity (Wildman–Crippen MR) is 80.4 cm³/mol. The SMILES string of the molecule is CCCCCCC[Si](N(C)C)(N(C)C)N(C)C. The second-order valence-corrected chi connectivity index (χ2v) is 10.4. The molecular formula is C13H33N3Si. The molecule has 0 aliphatic rings. The normalized spacial score (nSPS) is 13.1.